The monoisotopic (exact) mass is 212 g/mol. The average molecular weight is 212 g/mol. The molecular weight excluding hydrogens is 188 g/mol. The van der Waals surface area contributed by atoms with Gasteiger partial charge in [0.05, 0.1) is 5.60 Å². The topological polar surface area (TPSA) is 24.5 Å². The standard InChI is InChI=1S/C12H24N2O/c1-11(2)14-8-4-6-12(15-10-14)5-3-7-13-9-12/h11,13H,3-10H2,1-2H3. The molecule has 0 aromatic heterocycles. The summed E-state index contributed by atoms with van der Waals surface area (Å²) in [4.78, 5) is 2.43. The first kappa shape index (κ1) is 11.4. The maximum atomic E-state index is 6.17. The molecular formula is C12H24N2O. The van der Waals surface area contributed by atoms with Crippen molar-refractivity contribution in [3.8, 4) is 0 Å². The highest BCUT2D eigenvalue weighted by Crippen LogP contribution is 2.29. The zero-order valence-electron chi connectivity index (χ0n) is 10.1. The third kappa shape index (κ3) is 2.71. The van der Waals surface area contributed by atoms with Gasteiger partial charge in [-0.25, -0.2) is 0 Å². The quantitative estimate of drug-likeness (QED) is 0.714. The Balaban J connectivity index is 1.93. The van der Waals surface area contributed by atoms with E-state index < -0.39 is 0 Å². The zero-order chi connectivity index (χ0) is 10.7. The maximum absolute atomic E-state index is 6.17. The number of nitrogens with zero attached hydrogens (tertiary/aromatic N) is 1. The smallest absolute Gasteiger partial charge is 0.100 e. The van der Waals surface area contributed by atoms with Crippen molar-refractivity contribution in [3.63, 3.8) is 0 Å². The normalized spacial score (nSPS) is 34.6. The summed E-state index contributed by atoms with van der Waals surface area (Å²) in [5.41, 5.74) is 0.155. The average Bonchev–Trinajstić information content (AvgIpc) is 2.43. The van der Waals surface area contributed by atoms with Gasteiger partial charge in [0, 0.05) is 19.1 Å². The molecule has 2 aliphatic rings. The summed E-state index contributed by atoms with van der Waals surface area (Å²) in [5.74, 6) is 0. The molecule has 1 N–H and O–H groups in total. The van der Waals surface area contributed by atoms with Crippen LogP contribution in [0, 0.1) is 0 Å². The molecule has 2 saturated heterocycles. The van der Waals surface area contributed by atoms with Crippen LogP contribution in [0.2, 0.25) is 0 Å². The van der Waals surface area contributed by atoms with Gasteiger partial charge in [0.2, 0.25) is 0 Å². The third-order valence-electron chi connectivity index (χ3n) is 3.78. The van der Waals surface area contributed by atoms with Gasteiger partial charge in [-0.05, 0) is 46.1 Å². The molecule has 88 valence electrons. The second-order valence-electron chi connectivity index (χ2n) is 5.25. The number of hydrogen-bond donors (Lipinski definition) is 1. The number of rotatable bonds is 1. The van der Waals surface area contributed by atoms with Crippen LogP contribution in [0.4, 0.5) is 0 Å². The first-order valence-electron chi connectivity index (χ1n) is 6.31. The zero-order valence-corrected chi connectivity index (χ0v) is 10.1. The van der Waals surface area contributed by atoms with E-state index in [-0.39, 0.29) is 5.60 Å². The van der Waals surface area contributed by atoms with E-state index in [1.165, 1.54) is 38.8 Å². The van der Waals surface area contributed by atoms with Crippen LogP contribution in [0.1, 0.15) is 39.5 Å². The Morgan fingerprint density at radius 1 is 1.27 bits per heavy atom. The molecule has 2 rings (SSSR count). The lowest BCUT2D eigenvalue weighted by Gasteiger charge is -2.37. The molecule has 15 heavy (non-hydrogen) atoms. The van der Waals surface area contributed by atoms with E-state index in [1.807, 2.05) is 0 Å². The molecule has 2 heterocycles. The van der Waals surface area contributed by atoms with Gasteiger partial charge in [0.15, 0.2) is 0 Å². The van der Waals surface area contributed by atoms with Crippen molar-refractivity contribution in [2.45, 2.75) is 51.2 Å². The van der Waals surface area contributed by atoms with E-state index in [9.17, 15) is 0 Å². The first-order valence-corrected chi connectivity index (χ1v) is 6.31. The Kier molecular flexibility index (Phi) is 3.65. The second kappa shape index (κ2) is 4.81. The lowest BCUT2D eigenvalue weighted by Crippen LogP contribution is -2.48. The fourth-order valence-corrected chi connectivity index (χ4v) is 2.64. The number of ether oxygens (including phenoxy) is 1. The van der Waals surface area contributed by atoms with E-state index in [0.717, 1.165) is 13.3 Å². The van der Waals surface area contributed by atoms with Gasteiger partial charge in [-0.1, -0.05) is 0 Å². The van der Waals surface area contributed by atoms with Crippen molar-refractivity contribution in [3.05, 3.63) is 0 Å². The van der Waals surface area contributed by atoms with Crippen molar-refractivity contribution in [1.82, 2.24) is 10.2 Å². The van der Waals surface area contributed by atoms with Crippen LogP contribution >= 0.6 is 0 Å². The highest BCUT2D eigenvalue weighted by atomic mass is 16.5. The van der Waals surface area contributed by atoms with E-state index in [2.05, 4.69) is 24.1 Å². The molecule has 0 radical (unpaired) electrons. The van der Waals surface area contributed by atoms with Gasteiger partial charge in [-0.3, -0.25) is 4.90 Å². The van der Waals surface area contributed by atoms with Crippen molar-refractivity contribution < 1.29 is 4.74 Å². The molecule has 1 atom stereocenters. The molecule has 0 aliphatic carbocycles. The Labute approximate surface area is 93.2 Å². The largest absolute Gasteiger partial charge is 0.358 e. The van der Waals surface area contributed by atoms with E-state index in [1.54, 1.807) is 0 Å². The van der Waals surface area contributed by atoms with Crippen LogP contribution in [0.25, 0.3) is 0 Å². The van der Waals surface area contributed by atoms with Gasteiger partial charge in [0.25, 0.3) is 0 Å². The van der Waals surface area contributed by atoms with Crippen molar-refractivity contribution in [2.75, 3.05) is 26.4 Å². The van der Waals surface area contributed by atoms with Gasteiger partial charge in [-0.15, -0.1) is 0 Å². The molecule has 0 saturated carbocycles. The molecule has 3 nitrogen and oxygen atoms in total. The Morgan fingerprint density at radius 3 is 2.73 bits per heavy atom. The van der Waals surface area contributed by atoms with Crippen LogP contribution in [-0.4, -0.2) is 42.9 Å². The predicted octanol–water partition coefficient (Wildman–Crippen LogP) is 1.59. The van der Waals surface area contributed by atoms with Crippen LogP contribution in [-0.2, 0) is 4.74 Å². The fourth-order valence-electron chi connectivity index (χ4n) is 2.64. The second-order valence-corrected chi connectivity index (χ2v) is 5.25. The lowest BCUT2D eigenvalue weighted by atomic mass is 9.89. The number of piperidine rings is 1. The maximum Gasteiger partial charge on any atom is 0.100 e. The SMILES string of the molecule is CC(C)N1CCCC2(CCCNC2)OC1. The van der Waals surface area contributed by atoms with Gasteiger partial charge in [0.1, 0.15) is 6.73 Å². The summed E-state index contributed by atoms with van der Waals surface area (Å²) >= 11 is 0. The highest BCUT2D eigenvalue weighted by molar-refractivity contribution is 4.89. The first-order chi connectivity index (χ1) is 7.22. The van der Waals surface area contributed by atoms with Crippen LogP contribution < -0.4 is 5.32 Å². The minimum Gasteiger partial charge on any atom is -0.358 e. The van der Waals surface area contributed by atoms with Crippen LogP contribution in [0.3, 0.4) is 0 Å². The molecule has 1 spiro atoms. The van der Waals surface area contributed by atoms with Crippen LogP contribution in [0.5, 0.6) is 0 Å². The summed E-state index contributed by atoms with van der Waals surface area (Å²) < 4.78 is 6.17. The molecule has 0 aromatic rings. The van der Waals surface area contributed by atoms with E-state index in [0.29, 0.717) is 6.04 Å². The molecule has 1 unspecified atom stereocenters. The summed E-state index contributed by atoms with van der Waals surface area (Å²) in [6, 6.07) is 0.608. The van der Waals surface area contributed by atoms with E-state index >= 15 is 0 Å². The van der Waals surface area contributed by atoms with Crippen LogP contribution in [0.15, 0.2) is 0 Å². The van der Waals surface area contributed by atoms with Gasteiger partial charge < -0.3 is 10.1 Å². The van der Waals surface area contributed by atoms with E-state index in [4.69, 9.17) is 4.74 Å². The molecule has 0 aromatic carbocycles. The Hall–Kier alpha value is -0.120. The van der Waals surface area contributed by atoms with Crippen molar-refractivity contribution in [2.24, 2.45) is 0 Å². The summed E-state index contributed by atoms with van der Waals surface area (Å²) in [5, 5.41) is 3.47. The Bertz CT molecular complexity index is 200. The summed E-state index contributed by atoms with van der Waals surface area (Å²) in [6.07, 6.45) is 5.01. The number of hydrogen-bond acceptors (Lipinski definition) is 3. The minimum absolute atomic E-state index is 0.155. The summed E-state index contributed by atoms with van der Waals surface area (Å²) in [7, 11) is 0. The molecule has 2 fully saturated rings. The third-order valence-corrected chi connectivity index (χ3v) is 3.78. The highest BCUT2D eigenvalue weighted by Gasteiger charge is 2.35. The van der Waals surface area contributed by atoms with Crippen molar-refractivity contribution >= 4 is 0 Å². The minimum atomic E-state index is 0.155. The predicted molar refractivity (Wildman–Crippen MR) is 61.9 cm³/mol. The molecule has 3 heteroatoms. The van der Waals surface area contributed by atoms with Gasteiger partial charge in [-0.2, -0.15) is 0 Å². The fraction of sp³-hybridized carbons (Fsp3) is 1.00. The van der Waals surface area contributed by atoms with Crippen molar-refractivity contribution in [1.29, 1.82) is 0 Å². The molecule has 0 bridgehead atoms. The molecule has 0 amide bonds. The summed E-state index contributed by atoms with van der Waals surface area (Å²) in [6.45, 7) is 8.73. The van der Waals surface area contributed by atoms with Gasteiger partial charge >= 0.3 is 0 Å². The molecule has 2 aliphatic heterocycles. The number of nitrogens with one attached hydrogen (secondary N) is 1. The lowest BCUT2D eigenvalue weighted by molar-refractivity contribution is -0.0962. The Morgan fingerprint density at radius 2 is 2.07 bits per heavy atom.